The number of Topliss-reactive ketones (excluding diaryl/α,β-unsaturated/α-hetero) is 1. The van der Waals surface area contributed by atoms with Gasteiger partial charge in [0.1, 0.15) is 5.54 Å². The monoisotopic (exact) mass is 531 g/mol. The number of rotatable bonds is 5. The summed E-state index contributed by atoms with van der Waals surface area (Å²) in [6.07, 6.45) is 3.66. The Bertz CT molecular complexity index is 1500. The number of ketones is 1. The summed E-state index contributed by atoms with van der Waals surface area (Å²) in [4.78, 5) is 41.7. The van der Waals surface area contributed by atoms with E-state index in [0.717, 1.165) is 30.4 Å². The minimum Gasteiger partial charge on any atom is -0.398 e. The molecule has 0 radical (unpaired) electrons. The Balaban J connectivity index is 1.60. The van der Waals surface area contributed by atoms with E-state index in [4.69, 9.17) is 17.2 Å². The summed E-state index contributed by atoms with van der Waals surface area (Å²) in [5.41, 5.74) is 22.8. The molecular weight excluding hydrogens is 498 g/mol. The minimum atomic E-state index is -1.47. The molecule has 2 aliphatic rings. The number of thiophene rings is 1. The topological polar surface area (TPSA) is 145 Å². The van der Waals surface area contributed by atoms with Crippen molar-refractivity contribution in [3.63, 3.8) is 0 Å². The molecule has 2 aromatic carbocycles. The Morgan fingerprint density at radius 1 is 1.26 bits per heavy atom. The molecule has 198 valence electrons. The molecule has 8 nitrogen and oxygen atoms in total. The van der Waals surface area contributed by atoms with Crippen LogP contribution in [-0.4, -0.2) is 41.6 Å². The van der Waals surface area contributed by atoms with Crippen LogP contribution < -0.4 is 22.5 Å². The molecule has 3 unspecified atom stereocenters. The van der Waals surface area contributed by atoms with E-state index in [1.807, 2.05) is 25.1 Å². The summed E-state index contributed by atoms with van der Waals surface area (Å²) in [6.45, 7) is 8.60. The minimum absolute atomic E-state index is 0.160. The smallest absolute Gasteiger partial charge is 0.262 e. The van der Waals surface area contributed by atoms with E-state index in [9.17, 15) is 14.4 Å². The van der Waals surface area contributed by atoms with Gasteiger partial charge in [0.05, 0.1) is 15.6 Å². The average Bonchev–Trinajstić information content (AvgIpc) is 3.33. The molecule has 1 saturated heterocycles. The number of anilines is 1. The normalized spacial score (nSPS) is 22.9. The lowest BCUT2D eigenvalue weighted by atomic mass is 9.69. The Morgan fingerprint density at radius 2 is 2.00 bits per heavy atom. The van der Waals surface area contributed by atoms with Gasteiger partial charge in [-0.25, -0.2) is 0 Å². The molecule has 5 rings (SSSR count). The second-order valence-corrected chi connectivity index (χ2v) is 11.2. The summed E-state index contributed by atoms with van der Waals surface area (Å²) in [6, 6.07) is 8.14. The highest BCUT2D eigenvalue weighted by Crippen LogP contribution is 2.49. The Kier molecular flexibility index (Phi) is 6.63. The van der Waals surface area contributed by atoms with E-state index in [1.165, 1.54) is 17.4 Å². The van der Waals surface area contributed by atoms with E-state index in [-0.39, 0.29) is 23.6 Å². The molecule has 1 aromatic heterocycles. The number of piperidine rings is 1. The van der Waals surface area contributed by atoms with Crippen LogP contribution in [0.1, 0.15) is 63.3 Å². The summed E-state index contributed by atoms with van der Waals surface area (Å²) < 4.78 is 0.690. The number of benzene rings is 2. The number of nitrogens with two attached hydrogens (primary N) is 3. The fourth-order valence-corrected chi connectivity index (χ4v) is 7.09. The van der Waals surface area contributed by atoms with Gasteiger partial charge in [-0.15, -0.1) is 11.3 Å². The fraction of sp³-hybridized carbons (Fsp3) is 0.345. The van der Waals surface area contributed by atoms with Crippen molar-refractivity contribution in [3.05, 3.63) is 75.7 Å². The third-order valence-electron chi connectivity index (χ3n) is 7.89. The lowest BCUT2D eigenvalue weighted by molar-refractivity contribution is -0.127. The molecule has 1 aliphatic carbocycles. The third-order valence-corrected chi connectivity index (χ3v) is 9.14. The van der Waals surface area contributed by atoms with Crippen molar-refractivity contribution in [1.29, 1.82) is 0 Å². The number of nitrogen functional groups attached to an aromatic ring is 1. The van der Waals surface area contributed by atoms with Crippen molar-refractivity contribution in [3.8, 4) is 0 Å². The third kappa shape index (κ3) is 3.93. The van der Waals surface area contributed by atoms with Crippen LogP contribution >= 0.6 is 11.3 Å². The average molecular weight is 532 g/mol. The zero-order chi connectivity index (χ0) is 27.4. The molecule has 0 saturated carbocycles. The molecule has 1 fully saturated rings. The largest absolute Gasteiger partial charge is 0.398 e. The first-order chi connectivity index (χ1) is 18.1. The quantitative estimate of drug-likeness (QED) is 0.294. The van der Waals surface area contributed by atoms with Crippen molar-refractivity contribution in [2.75, 3.05) is 18.8 Å². The summed E-state index contributed by atoms with van der Waals surface area (Å²) >= 11 is 1.23. The molecule has 2 heterocycles. The number of amides is 2. The first-order valence-electron chi connectivity index (χ1n) is 12.9. The van der Waals surface area contributed by atoms with Crippen LogP contribution in [-0.2, 0) is 21.5 Å². The van der Waals surface area contributed by atoms with Crippen molar-refractivity contribution >= 4 is 44.7 Å². The zero-order valence-electron chi connectivity index (χ0n) is 21.7. The van der Waals surface area contributed by atoms with Crippen LogP contribution in [0.25, 0.3) is 10.1 Å². The Morgan fingerprint density at radius 3 is 2.68 bits per heavy atom. The van der Waals surface area contributed by atoms with Gasteiger partial charge in [0, 0.05) is 35.8 Å². The predicted octanol–water partition coefficient (Wildman–Crippen LogP) is 3.05. The molecule has 38 heavy (non-hydrogen) atoms. The highest BCUT2D eigenvalue weighted by atomic mass is 32.1. The van der Waals surface area contributed by atoms with Gasteiger partial charge in [-0.2, -0.15) is 0 Å². The number of hydrogen-bond acceptors (Lipinski definition) is 7. The number of hydrogen-bond donors (Lipinski definition) is 4. The van der Waals surface area contributed by atoms with Crippen LogP contribution in [0.4, 0.5) is 5.69 Å². The highest BCUT2D eigenvalue weighted by Gasteiger charge is 2.49. The van der Waals surface area contributed by atoms with Gasteiger partial charge in [0.25, 0.3) is 5.91 Å². The summed E-state index contributed by atoms with van der Waals surface area (Å²) in [7, 11) is 0. The molecule has 0 spiro atoms. The van der Waals surface area contributed by atoms with E-state index >= 15 is 0 Å². The van der Waals surface area contributed by atoms with Gasteiger partial charge in [-0.05, 0) is 60.6 Å². The van der Waals surface area contributed by atoms with Crippen LogP contribution in [0.3, 0.4) is 0 Å². The maximum atomic E-state index is 14.0. The lowest BCUT2D eigenvalue weighted by Crippen LogP contribution is -2.53. The number of carbonyl (C=O) groups excluding carboxylic acids is 3. The molecule has 9 heteroatoms. The van der Waals surface area contributed by atoms with Crippen molar-refractivity contribution in [2.45, 2.75) is 50.7 Å². The SMILES string of the molecule is C=CC(=O)N1CCCC(NC(=O)c2sc3c(N)ccc4c3c2C(N)C(=O)C4(N)c2ccc(CC)cc2C)C1. The molecule has 3 aromatic rings. The molecule has 0 bridgehead atoms. The maximum Gasteiger partial charge on any atom is 0.262 e. The lowest BCUT2D eigenvalue weighted by Gasteiger charge is -2.37. The first-order valence-corrected chi connectivity index (χ1v) is 13.7. The second-order valence-electron chi connectivity index (χ2n) is 10.2. The summed E-state index contributed by atoms with van der Waals surface area (Å²) in [5, 5.41) is 3.74. The molecule has 7 N–H and O–H groups in total. The summed E-state index contributed by atoms with van der Waals surface area (Å²) in [5.74, 6) is -0.857. The fourth-order valence-electron chi connectivity index (χ4n) is 5.89. The van der Waals surface area contributed by atoms with E-state index in [2.05, 4.69) is 18.8 Å². The van der Waals surface area contributed by atoms with E-state index in [0.29, 0.717) is 50.4 Å². The van der Waals surface area contributed by atoms with Crippen molar-refractivity contribution < 1.29 is 14.4 Å². The van der Waals surface area contributed by atoms with Crippen LogP contribution in [0.2, 0.25) is 0 Å². The molecule has 3 atom stereocenters. The van der Waals surface area contributed by atoms with Gasteiger partial charge in [-0.3, -0.25) is 14.4 Å². The van der Waals surface area contributed by atoms with E-state index < -0.39 is 11.6 Å². The number of nitrogens with one attached hydrogen (secondary N) is 1. The van der Waals surface area contributed by atoms with Gasteiger partial charge < -0.3 is 27.4 Å². The Hall–Kier alpha value is -3.53. The molecule has 2 amide bonds. The van der Waals surface area contributed by atoms with Gasteiger partial charge >= 0.3 is 0 Å². The van der Waals surface area contributed by atoms with Crippen LogP contribution in [0.5, 0.6) is 0 Å². The number of carbonyl (C=O) groups is 3. The van der Waals surface area contributed by atoms with Gasteiger partial charge in [0.15, 0.2) is 5.78 Å². The first kappa shape index (κ1) is 26.1. The predicted molar refractivity (Wildman–Crippen MR) is 151 cm³/mol. The van der Waals surface area contributed by atoms with Crippen LogP contribution in [0.15, 0.2) is 43.0 Å². The standard InChI is InChI=1S/C29H33N5O3S/c1-4-16-8-9-18(15(3)13-16)29(32)19-10-11-20(30)25-22(19)23(24(31)27(29)36)26(38-25)28(37)33-17-7-6-12-34(14-17)21(35)5-2/h5,8-11,13,17,24H,2,4,6-7,12,14,30-32H2,1,3H3,(H,33,37). The van der Waals surface area contributed by atoms with Crippen molar-refractivity contribution in [1.82, 2.24) is 10.2 Å². The number of nitrogens with zero attached hydrogens (tertiary/aromatic N) is 1. The Labute approximate surface area is 225 Å². The maximum absolute atomic E-state index is 14.0. The highest BCUT2D eigenvalue weighted by molar-refractivity contribution is 7.21. The van der Waals surface area contributed by atoms with Crippen LogP contribution in [0, 0.1) is 6.92 Å². The van der Waals surface area contributed by atoms with E-state index in [1.54, 1.807) is 17.0 Å². The van der Waals surface area contributed by atoms with Gasteiger partial charge in [0.2, 0.25) is 5.91 Å². The molecular formula is C29H33N5O3S. The second kappa shape index (κ2) is 9.65. The number of likely N-dealkylation sites (tertiary alicyclic amines) is 1. The molecule has 1 aliphatic heterocycles. The zero-order valence-corrected chi connectivity index (χ0v) is 22.5. The van der Waals surface area contributed by atoms with Crippen molar-refractivity contribution in [2.24, 2.45) is 11.5 Å². The van der Waals surface area contributed by atoms with Gasteiger partial charge in [-0.1, -0.05) is 37.8 Å². The number of aryl methyl sites for hydroxylation is 2.